The Kier molecular flexibility index (Phi) is 3.24. The lowest BCUT2D eigenvalue weighted by Gasteiger charge is -2.23. The SMILES string of the molecule is c1ccc2c3c([nH]c2c1)CN[C@H](Cn1cc(-c2ccsc2)nn1)C3. The fourth-order valence-electron chi connectivity index (χ4n) is 3.49. The number of nitrogens with zero attached hydrogens (tertiary/aromatic N) is 3. The summed E-state index contributed by atoms with van der Waals surface area (Å²) in [6, 6.07) is 11.0. The molecule has 2 N–H and O–H groups in total. The van der Waals surface area contributed by atoms with Gasteiger partial charge in [0.2, 0.25) is 0 Å². The fraction of sp³-hybridized carbons (Fsp3) is 0.222. The predicted molar refractivity (Wildman–Crippen MR) is 96.0 cm³/mol. The number of fused-ring (bicyclic) bond motifs is 3. The average Bonchev–Trinajstić information content (AvgIpc) is 3.34. The predicted octanol–water partition coefficient (Wildman–Crippen LogP) is 3.20. The molecule has 6 heteroatoms. The molecule has 120 valence electrons. The van der Waals surface area contributed by atoms with Crippen molar-refractivity contribution in [2.24, 2.45) is 0 Å². The van der Waals surface area contributed by atoms with Gasteiger partial charge in [-0.05, 0) is 29.5 Å². The topological polar surface area (TPSA) is 58.5 Å². The number of rotatable bonds is 3. The number of benzene rings is 1. The Morgan fingerprint density at radius 3 is 3.12 bits per heavy atom. The Labute approximate surface area is 143 Å². The van der Waals surface area contributed by atoms with E-state index in [0.29, 0.717) is 6.04 Å². The highest BCUT2D eigenvalue weighted by Crippen LogP contribution is 2.27. The molecule has 0 radical (unpaired) electrons. The molecule has 1 aliphatic rings. The zero-order valence-corrected chi connectivity index (χ0v) is 13.9. The normalized spacial score (nSPS) is 17.2. The average molecular weight is 335 g/mol. The zero-order valence-electron chi connectivity index (χ0n) is 13.1. The minimum atomic E-state index is 0.369. The van der Waals surface area contributed by atoms with Crippen LogP contribution >= 0.6 is 11.3 Å². The van der Waals surface area contributed by atoms with E-state index in [1.807, 2.05) is 10.9 Å². The molecule has 0 saturated carbocycles. The van der Waals surface area contributed by atoms with Crippen LogP contribution < -0.4 is 5.32 Å². The van der Waals surface area contributed by atoms with Crippen LogP contribution in [-0.2, 0) is 19.5 Å². The van der Waals surface area contributed by atoms with Gasteiger partial charge >= 0.3 is 0 Å². The number of nitrogens with one attached hydrogen (secondary N) is 2. The number of aromatic nitrogens is 4. The van der Waals surface area contributed by atoms with E-state index < -0.39 is 0 Å². The van der Waals surface area contributed by atoms with Crippen LogP contribution in [0.25, 0.3) is 22.2 Å². The largest absolute Gasteiger partial charge is 0.357 e. The van der Waals surface area contributed by atoms with E-state index >= 15 is 0 Å². The van der Waals surface area contributed by atoms with Crippen LogP contribution in [-0.4, -0.2) is 26.0 Å². The van der Waals surface area contributed by atoms with Crippen molar-refractivity contribution in [3.8, 4) is 11.3 Å². The molecular formula is C18H17N5S. The molecule has 1 atom stereocenters. The van der Waals surface area contributed by atoms with Gasteiger partial charge in [0.15, 0.2) is 0 Å². The first kappa shape index (κ1) is 13.9. The zero-order chi connectivity index (χ0) is 15.9. The highest BCUT2D eigenvalue weighted by molar-refractivity contribution is 7.08. The van der Waals surface area contributed by atoms with Crippen molar-refractivity contribution < 1.29 is 0 Å². The molecule has 0 unspecified atom stereocenters. The molecule has 0 saturated heterocycles. The minimum Gasteiger partial charge on any atom is -0.357 e. The third-order valence-corrected chi connectivity index (χ3v) is 5.37. The molecule has 4 heterocycles. The molecular weight excluding hydrogens is 318 g/mol. The molecule has 0 spiro atoms. The monoisotopic (exact) mass is 335 g/mol. The van der Waals surface area contributed by atoms with Gasteiger partial charge in [-0.25, -0.2) is 0 Å². The lowest BCUT2D eigenvalue weighted by atomic mass is 9.98. The summed E-state index contributed by atoms with van der Waals surface area (Å²) in [6.07, 6.45) is 3.04. The lowest BCUT2D eigenvalue weighted by molar-refractivity contribution is 0.398. The lowest BCUT2D eigenvalue weighted by Crippen LogP contribution is -2.38. The standard InChI is InChI=1S/C18H17N5S/c1-2-4-16-14(3-1)15-7-13(19-8-17(15)20-16)9-23-10-18(21-22-23)12-5-6-24-11-12/h1-6,10-11,13,19-20H,7-9H2/t13-/m0/s1. The molecule has 0 fully saturated rings. The van der Waals surface area contributed by atoms with Gasteiger partial charge in [0, 0.05) is 40.1 Å². The summed E-state index contributed by atoms with van der Waals surface area (Å²) in [5.41, 5.74) is 6.06. The molecule has 0 amide bonds. The van der Waals surface area contributed by atoms with Crippen LogP contribution in [0, 0.1) is 0 Å². The highest BCUT2D eigenvalue weighted by Gasteiger charge is 2.22. The number of aromatic amines is 1. The number of hydrogen-bond donors (Lipinski definition) is 2. The Balaban J connectivity index is 1.38. The minimum absolute atomic E-state index is 0.369. The molecule has 1 aromatic carbocycles. The van der Waals surface area contributed by atoms with E-state index in [1.165, 1.54) is 22.2 Å². The Morgan fingerprint density at radius 1 is 1.25 bits per heavy atom. The van der Waals surface area contributed by atoms with Crippen LogP contribution in [0.3, 0.4) is 0 Å². The Morgan fingerprint density at radius 2 is 2.21 bits per heavy atom. The van der Waals surface area contributed by atoms with Gasteiger partial charge in [-0.15, -0.1) is 5.10 Å². The van der Waals surface area contributed by atoms with Gasteiger partial charge in [0.05, 0.1) is 12.7 Å². The maximum absolute atomic E-state index is 4.30. The van der Waals surface area contributed by atoms with Crippen molar-refractivity contribution >= 4 is 22.2 Å². The van der Waals surface area contributed by atoms with Crippen LogP contribution in [0.4, 0.5) is 0 Å². The first-order valence-corrected chi connectivity index (χ1v) is 9.05. The summed E-state index contributed by atoms with van der Waals surface area (Å²) in [4.78, 5) is 3.53. The third-order valence-electron chi connectivity index (χ3n) is 4.68. The van der Waals surface area contributed by atoms with E-state index in [0.717, 1.165) is 30.8 Å². The summed E-state index contributed by atoms with van der Waals surface area (Å²) < 4.78 is 1.95. The van der Waals surface area contributed by atoms with Crippen molar-refractivity contribution in [1.29, 1.82) is 0 Å². The second-order valence-electron chi connectivity index (χ2n) is 6.25. The maximum atomic E-state index is 4.30. The van der Waals surface area contributed by atoms with Gasteiger partial charge in [-0.2, -0.15) is 11.3 Å². The van der Waals surface area contributed by atoms with E-state index in [1.54, 1.807) is 11.3 Å². The molecule has 1 aliphatic heterocycles. The van der Waals surface area contributed by atoms with Crippen molar-refractivity contribution in [1.82, 2.24) is 25.3 Å². The molecule has 3 aromatic heterocycles. The van der Waals surface area contributed by atoms with Gasteiger partial charge in [-0.3, -0.25) is 4.68 Å². The molecule has 24 heavy (non-hydrogen) atoms. The summed E-state index contributed by atoms with van der Waals surface area (Å²) in [6.45, 7) is 1.71. The van der Waals surface area contributed by atoms with Crippen molar-refractivity contribution in [2.45, 2.75) is 25.6 Å². The molecule has 5 nitrogen and oxygen atoms in total. The summed E-state index contributed by atoms with van der Waals surface area (Å²) in [5, 5.41) is 17.7. The second kappa shape index (κ2) is 5.58. The molecule has 4 aromatic rings. The molecule has 5 rings (SSSR count). The van der Waals surface area contributed by atoms with Crippen molar-refractivity contribution in [3.63, 3.8) is 0 Å². The van der Waals surface area contributed by atoms with Gasteiger partial charge in [0.1, 0.15) is 5.69 Å². The van der Waals surface area contributed by atoms with Crippen molar-refractivity contribution in [2.75, 3.05) is 0 Å². The van der Waals surface area contributed by atoms with Crippen LogP contribution in [0.5, 0.6) is 0 Å². The number of H-pyrrole nitrogens is 1. The van der Waals surface area contributed by atoms with Crippen molar-refractivity contribution in [3.05, 3.63) is 58.5 Å². The first-order valence-electron chi connectivity index (χ1n) is 8.11. The summed E-state index contributed by atoms with van der Waals surface area (Å²) in [5.74, 6) is 0. The van der Waals surface area contributed by atoms with E-state index in [4.69, 9.17) is 0 Å². The van der Waals surface area contributed by atoms with E-state index in [2.05, 4.69) is 61.7 Å². The van der Waals surface area contributed by atoms with Gasteiger partial charge in [0.25, 0.3) is 0 Å². The summed E-state index contributed by atoms with van der Waals surface area (Å²) >= 11 is 1.68. The molecule has 0 aliphatic carbocycles. The highest BCUT2D eigenvalue weighted by atomic mass is 32.1. The van der Waals surface area contributed by atoms with Gasteiger partial charge < -0.3 is 10.3 Å². The second-order valence-corrected chi connectivity index (χ2v) is 7.03. The van der Waals surface area contributed by atoms with E-state index in [-0.39, 0.29) is 0 Å². The number of para-hydroxylation sites is 1. The Hall–Kier alpha value is -2.44. The van der Waals surface area contributed by atoms with Crippen LogP contribution in [0.2, 0.25) is 0 Å². The summed E-state index contributed by atoms with van der Waals surface area (Å²) in [7, 11) is 0. The quantitative estimate of drug-likeness (QED) is 0.604. The van der Waals surface area contributed by atoms with Crippen LogP contribution in [0.1, 0.15) is 11.3 Å². The number of hydrogen-bond acceptors (Lipinski definition) is 4. The third kappa shape index (κ3) is 2.35. The maximum Gasteiger partial charge on any atom is 0.113 e. The Bertz CT molecular complexity index is 982. The van der Waals surface area contributed by atoms with Crippen LogP contribution in [0.15, 0.2) is 47.3 Å². The smallest absolute Gasteiger partial charge is 0.113 e. The molecule has 0 bridgehead atoms. The van der Waals surface area contributed by atoms with E-state index in [9.17, 15) is 0 Å². The first-order chi connectivity index (χ1) is 11.9. The number of thiophene rings is 1. The fourth-order valence-corrected chi connectivity index (χ4v) is 4.14. The van der Waals surface area contributed by atoms with Gasteiger partial charge in [-0.1, -0.05) is 23.4 Å².